The normalized spacial score (nSPS) is 8.36. The number of nitrogens with one attached hydrogen (secondary N) is 1. The summed E-state index contributed by atoms with van der Waals surface area (Å²) in [6, 6.07) is 3.54. The van der Waals surface area contributed by atoms with Crippen molar-refractivity contribution in [3.05, 3.63) is 36.5 Å². The number of hydrogen-bond acceptors (Lipinski definition) is 8. The Morgan fingerprint density at radius 1 is 1.14 bits per heavy atom. The summed E-state index contributed by atoms with van der Waals surface area (Å²) in [5.74, 6) is 0.558. The molecule has 12 heteroatoms. The van der Waals surface area contributed by atoms with E-state index in [-0.39, 0.29) is 28.0 Å². The highest BCUT2D eigenvalue weighted by atomic mass is 16.1. The van der Waals surface area contributed by atoms with Gasteiger partial charge in [0.15, 0.2) is 0 Å². The van der Waals surface area contributed by atoms with E-state index in [2.05, 4.69) is 27.6 Å². The number of hydrazine groups is 1. The van der Waals surface area contributed by atoms with Crippen molar-refractivity contribution in [2.24, 2.45) is 14.1 Å². The molecule has 36 heavy (non-hydrogen) atoms. The molecule has 0 spiro atoms. The van der Waals surface area contributed by atoms with E-state index in [1.807, 2.05) is 85.4 Å². The summed E-state index contributed by atoms with van der Waals surface area (Å²) in [5, 5.41) is 22.1. The van der Waals surface area contributed by atoms with Crippen molar-refractivity contribution in [1.82, 2.24) is 34.8 Å². The lowest BCUT2D eigenvalue weighted by Crippen LogP contribution is -2.34. The van der Waals surface area contributed by atoms with E-state index in [0.29, 0.717) is 5.82 Å². The Labute approximate surface area is 219 Å². The minimum Gasteiger partial charge on any atom is -0.384 e. The maximum absolute atomic E-state index is 9.82. The minimum absolute atomic E-state index is 0. The molecule has 3 N–H and O–H groups in total. The first-order chi connectivity index (χ1) is 16.2. The van der Waals surface area contributed by atoms with Gasteiger partial charge in [0.25, 0.3) is 0 Å². The van der Waals surface area contributed by atoms with Gasteiger partial charge in [-0.1, -0.05) is 35.1 Å². The SMILES string of the molecule is C.CC.CC.CC(=O)CC#N.CCN(NC)c1cnn(C)c1.Cc1cc(N)n(-c2cnn(C)c2)n1.[B]. The molecule has 201 valence electrons. The molecule has 11 nitrogen and oxygen atoms in total. The van der Waals surface area contributed by atoms with E-state index in [1.165, 1.54) is 6.92 Å². The molecule has 0 unspecified atom stereocenters. The number of carbonyl (C=O) groups is 1. The van der Waals surface area contributed by atoms with Crippen LogP contribution in [-0.4, -0.2) is 57.1 Å². The number of nitriles is 1. The topological polar surface area (TPSA) is 136 Å². The standard InChI is InChI=1S/C8H11N5.C7H14N4.C4H5NO.2C2H6.CH4.B/c1-6-3-8(9)13(11-6)7-4-10-12(2)5-7;1-4-11(8-2)7-5-9-10(3)6-7;1-4(6)2-3-5;2*1-2;;/h3-5H,9H2,1-2H3;5-6,8H,4H2,1-3H3;2H2,1H3;2*1-2H3;1H4;. The largest absolute Gasteiger partial charge is 0.384 e. The second-order valence-corrected chi connectivity index (χ2v) is 6.37. The van der Waals surface area contributed by atoms with Gasteiger partial charge in [0.2, 0.25) is 0 Å². The molecule has 3 heterocycles. The quantitative estimate of drug-likeness (QED) is 0.399. The van der Waals surface area contributed by atoms with Crippen molar-refractivity contribution < 1.29 is 4.79 Å². The average Bonchev–Trinajstić information content (AvgIpc) is 3.53. The minimum atomic E-state index is -0.0718. The number of aryl methyl sites for hydroxylation is 3. The lowest BCUT2D eigenvalue weighted by molar-refractivity contribution is -0.116. The van der Waals surface area contributed by atoms with Gasteiger partial charge in [0.05, 0.1) is 42.5 Å². The molecule has 3 aromatic heterocycles. The molecule has 3 radical (unpaired) electrons. The number of anilines is 2. The third-order valence-electron chi connectivity index (χ3n) is 3.71. The zero-order valence-corrected chi connectivity index (χ0v) is 22.9. The monoisotopic (exact) mass is 501 g/mol. The van der Waals surface area contributed by atoms with Gasteiger partial charge < -0.3 is 10.7 Å². The highest BCUT2D eigenvalue weighted by Gasteiger charge is 2.05. The van der Waals surface area contributed by atoms with Crippen LogP contribution < -0.4 is 16.2 Å². The fourth-order valence-corrected chi connectivity index (χ4v) is 2.37. The van der Waals surface area contributed by atoms with E-state index in [9.17, 15) is 4.79 Å². The average molecular weight is 502 g/mol. The van der Waals surface area contributed by atoms with Gasteiger partial charge in [-0.25, -0.2) is 10.1 Å². The van der Waals surface area contributed by atoms with Gasteiger partial charge in [-0.15, -0.1) is 0 Å². The number of nitrogens with zero attached hydrogens (tertiary/aromatic N) is 8. The summed E-state index contributed by atoms with van der Waals surface area (Å²) in [6.45, 7) is 14.3. The van der Waals surface area contributed by atoms with Crippen LogP contribution in [0.2, 0.25) is 0 Å². The third-order valence-corrected chi connectivity index (χ3v) is 3.71. The predicted octanol–water partition coefficient (Wildman–Crippen LogP) is 3.67. The van der Waals surface area contributed by atoms with Crippen LogP contribution in [0.15, 0.2) is 30.9 Å². The number of hydrogen-bond donors (Lipinski definition) is 2. The number of ketones is 1. The second-order valence-electron chi connectivity index (χ2n) is 6.37. The van der Waals surface area contributed by atoms with Gasteiger partial charge in [0, 0.05) is 48.4 Å². The smallest absolute Gasteiger partial charge is 0.143 e. The summed E-state index contributed by atoms with van der Waals surface area (Å²) in [4.78, 5) is 9.82. The Kier molecular flexibility index (Phi) is 25.5. The molecule has 0 aliphatic heterocycles. The van der Waals surface area contributed by atoms with Crippen LogP contribution in [0.25, 0.3) is 5.69 Å². The lowest BCUT2D eigenvalue weighted by Gasteiger charge is -2.18. The zero-order valence-electron chi connectivity index (χ0n) is 22.9. The second kappa shape index (κ2) is 23.2. The van der Waals surface area contributed by atoms with Crippen molar-refractivity contribution in [2.75, 3.05) is 24.3 Å². The highest BCUT2D eigenvalue weighted by molar-refractivity contribution is 5.77. The van der Waals surface area contributed by atoms with Crippen molar-refractivity contribution >= 4 is 25.7 Å². The van der Waals surface area contributed by atoms with Gasteiger partial charge >= 0.3 is 0 Å². The van der Waals surface area contributed by atoms with Crippen LogP contribution in [0.5, 0.6) is 0 Å². The van der Waals surface area contributed by atoms with Crippen molar-refractivity contribution in [2.45, 2.75) is 62.3 Å². The van der Waals surface area contributed by atoms with E-state index in [0.717, 1.165) is 23.6 Å². The Hall–Kier alpha value is -3.59. The van der Waals surface area contributed by atoms with Crippen molar-refractivity contribution in [3.8, 4) is 11.8 Å². The Bertz CT molecular complexity index is 968. The van der Waals surface area contributed by atoms with Crippen LogP contribution >= 0.6 is 0 Å². The van der Waals surface area contributed by atoms with Gasteiger partial charge in [-0.3, -0.25) is 14.2 Å². The molecule has 0 fully saturated rings. The van der Waals surface area contributed by atoms with Crippen molar-refractivity contribution in [1.29, 1.82) is 5.26 Å². The Balaban J connectivity index is -0.000000204. The molecule has 3 rings (SSSR count). The zero-order chi connectivity index (χ0) is 26.7. The Morgan fingerprint density at radius 2 is 1.67 bits per heavy atom. The third kappa shape index (κ3) is 15.3. The molecule has 0 aliphatic rings. The molecule has 0 saturated carbocycles. The molecule has 0 saturated heterocycles. The summed E-state index contributed by atoms with van der Waals surface area (Å²) in [7, 11) is 5.67. The van der Waals surface area contributed by atoms with Gasteiger partial charge in [-0.2, -0.15) is 20.6 Å². The number of carbonyl (C=O) groups excluding carboxylic acids is 1. The molecule has 0 aliphatic carbocycles. The number of rotatable bonds is 5. The fourth-order valence-electron chi connectivity index (χ4n) is 2.37. The first kappa shape index (κ1) is 39.6. The first-order valence-corrected chi connectivity index (χ1v) is 11.3. The summed E-state index contributed by atoms with van der Waals surface area (Å²) in [6.07, 6.45) is 7.44. The Morgan fingerprint density at radius 3 is 1.94 bits per heavy atom. The summed E-state index contributed by atoms with van der Waals surface area (Å²) < 4.78 is 5.17. The lowest BCUT2D eigenvalue weighted by atomic mass is 10.3. The van der Waals surface area contributed by atoms with E-state index >= 15 is 0 Å². The molecule has 0 amide bonds. The van der Waals surface area contributed by atoms with E-state index < -0.39 is 0 Å². The van der Waals surface area contributed by atoms with Gasteiger partial charge in [-0.05, 0) is 20.8 Å². The van der Waals surface area contributed by atoms with E-state index in [4.69, 9.17) is 11.0 Å². The maximum atomic E-state index is 9.82. The van der Waals surface area contributed by atoms with Crippen LogP contribution in [0.3, 0.4) is 0 Å². The number of nitrogens with two attached hydrogens (primary N) is 1. The molecular weight excluding hydrogens is 455 g/mol. The van der Waals surface area contributed by atoms with Crippen molar-refractivity contribution in [3.63, 3.8) is 0 Å². The summed E-state index contributed by atoms with van der Waals surface area (Å²) >= 11 is 0. The number of nitrogen functional groups attached to an aromatic ring is 1. The van der Waals surface area contributed by atoms with Crippen LogP contribution in [0.4, 0.5) is 11.5 Å². The molecule has 0 bridgehead atoms. The fraction of sp³-hybridized carbons (Fsp3) is 0.542. The first-order valence-electron chi connectivity index (χ1n) is 11.3. The van der Waals surface area contributed by atoms with Crippen LogP contribution in [-0.2, 0) is 18.9 Å². The summed E-state index contributed by atoms with van der Waals surface area (Å²) in [5.41, 5.74) is 11.7. The molecule has 0 atom stereocenters. The predicted molar refractivity (Wildman–Crippen MR) is 151 cm³/mol. The molecule has 3 aromatic rings. The molecular formula is C24H46BN10O. The van der Waals surface area contributed by atoms with E-state index in [1.54, 1.807) is 26.3 Å². The molecule has 0 aromatic carbocycles. The van der Waals surface area contributed by atoms with Crippen LogP contribution in [0.1, 0.15) is 61.1 Å². The maximum Gasteiger partial charge on any atom is 0.143 e. The number of aromatic nitrogens is 6. The van der Waals surface area contributed by atoms with Crippen LogP contribution in [0, 0.1) is 18.3 Å². The number of Topliss-reactive ketones (excluding diaryl/α,β-unsaturated/α-hetero) is 1. The highest BCUT2D eigenvalue weighted by Crippen LogP contribution is 2.12. The van der Waals surface area contributed by atoms with Gasteiger partial charge in [0.1, 0.15) is 17.3 Å².